The quantitative estimate of drug-likeness (QED) is 0.597. The molecule has 1 aromatic carbocycles. The molecule has 0 saturated heterocycles. The number of methoxy groups -OCH3 is 1. The minimum absolute atomic E-state index is 0.0822. The number of rotatable bonds is 7. The normalized spacial score (nSPS) is 20.9. The molecule has 1 aliphatic rings. The van der Waals surface area contributed by atoms with E-state index >= 15 is 0 Å². The summed E-state index contributed by atoms with van der Waals surface area (Å²) in [7, 11) is -0.301. The van der Waals surface area contributed by atoms with Crippen LogP contribution in [0.4, 0.5) is 0 Å². The van der Waals surface area contributed by atoms with Gasteiger partial charge in [-0.15, -0.1) is 0 Å². The second kappa shape index (κ2) is 11.8. The number of pyridine rings is 1. The van der Waals surface area contributed by atoms with Crippen molar-refractivity contribution in [2.24, 2.45) is 5.92 Å². The van der Waals surface area contributed by atoms with E-state index in [1.165, 1.54) is 10.4 Å². The molecule has 0 saturated carbocycles. The second-order valence-corrected chi connectivity index (χ2v) is 10.5. The van der Waals surface area contributed by atoms with Gasteiger partial charge in [0, 0.05) is 56.7 Å². The van der Waals surface area contributed by atoms with E-state index in [1.807, 2.05) is 26.1 Å². The van der Waals surface area contributed by atoms with Crippen molar-refractivity contribution in [2.45, 2.75) is 37.4 Å². The highest BCUT2D eigenvalue weighted by Gasteiger charge is 2.38. The van der Waals surface area contributed by atoms with Crippen LogP contribution >= 0.6 is 0 Å². The molecule has 1 aromatic heterocycles. The Morgan fingerprint density at radius 2 is 2.06 bits per heavy atom. The zero-order chi connectivity index (χ0) is 24.7. The Morgan fingerprint density at radius 3 is 2.74 bits per heavy atom. The Kier molecular flexibility index (Phi) is 9.05. The molecule has 0 fully saturated rings. The number of fused-ring (bicyclic) bond motifs is 1. The molecule has 2 heterocycles. The molecule has 3 atom stereocenters. The molecule has 0 aliphatic carbocycles. The van der Waals surface area contributed by atoms with Gasteiger partial charge in [-0.25, -0.2) is 8.42 Å². The van der Waals surface area contributed by atoms with Crippen molar-refractivity contribution < 1.29 is 23.0 Å². The number of aliphatic hydroxyl groups excluding tert-OH is 1. The minimum atomic E-state index is -3.87. The maximum Gasteiger partial charge on any atom is 0.247 e. The molecule has 0 radical (unpaired) electrons. The zero-order valence-electron chi connectivity index (χ0n) is 20.1. The topological polar surface area (TPSA) is 92.2 Å². The van der Waals surface area contributed by atoms with Gasteiger partial charge in [-0.1, -0.05) is 18.8 Å². The minimum Gasteiger partial charge on any atom is -0.487 e. The van der Waals surface area contributed by atoms with Gasteiger partial charge in [0.2, 0.25) is 10.0 Å². The van der Waals surface area contributed by atoms with Gasteiger partial charge in [0.1, 0.15) is 23.4 Å². The first-order valence-corrected chi connectivity index (χ1v) is 12.7. The number of likely N-dealkylation sites (N-methyl/N-ethyl adjacent to an activating group) is 1. The standard InChI is InChI=1S/C25H33N3O5S/c1-19-15-28(20(2)18-29)34(30,31)25-8-7-21(6-5-13-32-4)14-23(25)33-24(19)17-27(3)16-22-9-11-26-12-10-22/h7-12,14,19-20,24,29H,13,15-18H2,1-4H3/t19-,20-,24-/m1/s1. The third kappa shape index (κ3) is 6.34. The first-order valence-electron chi connectivity index (χ1n) is 11.2. The monoisotopic (exact) mass is 487 g/mol. The fourth-order valence-corrected chi connectivity index (χ4v) is 5.73. The van der Waals surface area contributed by atoms with E-state index in [2.05, 4.69) is 21.7 Å². The molecular weight excluding hydrogens is 454 g/mol. The summed E-state index contributed by atoms with van der Waals surface area (Å²) < 4.78 is 39.8. The molecule has 0 spiro atoms. The van der Waals surface area contributed by atoms with Crippen molar-refractivity contribution in [1.82, 2.24) is 14.2 Å². The summed E-state index contributed by atoms with van der Waals surface area (Å²) in [5, 5.41) is 9.77. The van der Waals surface area contributed by atoms with Crippen molar-refractivity contribution in [3.05, 3.63) is 53.9 Å². The SMILES string of the molecule is COCC#Cc1ccc2c(c1)O[C@H](CN(C)Cc1ccncc1)[C@H](C)CN([C@H](C)CO)S2(=O)=O. The van der Waals surface area contributed by atoms with Gasteiger partial charge in [0.25, 0.3) is 0 Å². The van der Waals surface area contributed by atoms with Gasteiger partial charge in [-0.3, -0.25) is 9.88 Å². The van der Waals surface area contributed by atoms with E-state index in [4.69, 9.17) is 9.47 Å². The largest absolute Gasteiger partial charge is 0.487 e. The predicted molar refractivity (Wildman–Crippen MR) is 130 cm³/mol. The van der Waals surface area contributed by atoms with Crippen LogP contribution < -0.4 is 4.74 Å². The third-order valence-corrected chi connectivity index (χ3v) is 7.83. The maximum absolute atomic E-state index is 13.5. The number of sulfonamides is 1. The Balaban J connectivity index is 1.97. The molecule has 1 N–H and O–H groups in total. The van der Waals surface area contributed by atoms with Crippen molar-refractivity contribution in [2.75, 3.05) is 40.5 Å². The lowest BCUT2D eigenvalue weighted by Crippen LogP contribution is -2.49. The maximum atomic E-state index is 13.5. The molecule has 3 rings (SSSR count). The molecule has 0 unspecified atom stereocenters. The van der Waals surface area contributed by atoms with E-state index in [-0.39, 0.29) is 42.4 Å². The average Bonchev–Trinajstić information content (AvgIpc) is 2.81. The smallest absolute Gasteiger partial charge is 0.247 e. The molecule has 34 heavy (non-hydrogen) atoms. The lowest BCUT2D eigenvalue weighted by molar-refractivity contribution is 0.0733. The fourth-order valence-electron chi connectivity index (χ4n) is 3.90. The predicted octanol–water partition coefficient (Wildman–Crippen LogP) is 1.98. The summed E-state index contributed by atoms with van der Waals surface area (Å²) in [5.74, 6) is 6.02. The highest BCUT2D eigenvalue weighted by molar-refractivity contribution is 7.89. The number of benzene rings is 1. The number of hydrogen-bond donors (Lipinski definition) is 1. The van der Waals surface area contributed by atoms with Gasteiger partial charge >= 0.3 is 0 Å². The van der Waals surface area contributed by atoms with Crippen LogP contribution in [0.5, 0.6) is 5.75 Å². The van der Waals surface area contributed by atoms with Crippen molar-refractivity contribution in [3.8, 4) is 17.6 Å². The lowest BCUT2D eigenvalue weighted by Gasteiger charge is -2.37. The van der Waals surface area contributed by atoms with Gasteiger partial charge < -0.3 is 14.6 Å². The van der Waals surface area contributed by atoms with Gasteiger partial charge in [0.15, 0.2) is 0 Å². The highest BCUT2D eigenvalue weighted by Crippen LogP contribution is 2.34. The Bertz CT molecular complexity index is 1110. The fraction of sp³-hybridized carbons (Fsp3) is 0.480. The molecule has 0 amide bonds. The Morgan fingerprint density at radius 1 is 1.32 bits per heavy atom. The zero-order valence-corrected chi connectivity index (χ0v) is 21.0. The van der Waals surface area contributed by atoms with Crippen LogP contribution in [0.3, 0.4) is 0 Å². The van der Waals surface area contributed by atoms with Crippen molar-refractivity contribution >= 4 is 10.0 Å². The molecule has 9 heteroatoms. The van der Waals surface area contributed by atoms with Crippen LogP contribution in [-0.4, -0.2) is 80.3 Å². The molecule has 0 bridgehead atoms. The number of aliphatic hydroxyl groups is 1. The van der Waals surface area contributed by atoms with Crippen LogP contribution in [0, 0.1) is 17.8 Å². The van der Waals surface area contributed by atoms with E-state index in [0.717, 1.165) is 5.56 Å². The Labute approximate surface area is 202 Å². The van der Waals surface area contributed by atoms with Crippen LogP contribution in [0.1, 0.15) is 25.0 Å². The van der Waals surface area contributed by atoms with E-state index < -0.39 is 16.1 Å². The van der Waals surface area contributed by atoms with Gasteiger partial charge in [-0.2, -0.15) is 4.31 Å². The molecule has 8 nitrogen and oxygen atoms in total. The molecule has 184 valence electrons. The molecular formula is C25H33N3O5S. The first-order chi connectivity index (χ1) is 16.3. The summed E-state index contributed by atoms with van der Waals surface area (Å²) in [4.78, 5) is 6.29. The number of hydrogen-bond acceptors (Lipinski definition) is 7. The van der Waals surface area contributed by atoms with Crippen molar-refractivity contribution in [1.29, 1.82) is 0 Å². The average molecular weight is 488 g/mol. The summed E-state index contributed by atoms with van der Waals surface area (Å²) >= 11 is 0. The van der Waals surface area contributed by atoms with Crippen LogP contribution in [0.2, 0.25) is 0 Å². The molecule has 2 aromatic rings. The second-order valence-electron chi connectivity index (χ2n) is 8.69. The van der Waals surface area contributed by atoms with E-state index in [1.54, 1.807) is 38.6 Å². The van der Waals surface area contributed by atoms with Crippen molar-refractivity contribution in [3.63, 3.8) is 0 Å². The Hall–Kier alpha value is -2.48. The number of ether oxygens (including phenoxy) is 2. The number of aromatic nitrogens is 1. The highest BCUT2D eigenvalue weighted by atomic mass is 32.2. The molecule has 1 aliphatic heterocycles. The first kappa shape index (κ1) is 26.1. The summed E-state index contributed by atoms with van der Waals surface area (Å²) in [6.07, 6.45) is 3.25. The summed E-state index contributed by atoms with van der Waals surface area (Å²) in [5.41, 5.74) is 1.77. The van der Waals surface area contributed by atoms with Gasteiger partial charge in [-0.05, 0) is 49.9 Å². The third-order valence-electron chi connectivity index (χ3n) is 5.81. The van der Waals surface area contributed by atoms with E-state index in [0.29, 0.717) is 18.7 Å². The van der Waals surface area contributed by atoms with Crippen LogP contribution in [0.25, 0.3) is 0 Å². The number of nitrogens with zero attached hydrogens (tertiary/aromatic N) is 3. The van der Waals surface area contributed by atoms with Crippen LogP contribution in [0.15, 0.2) is 47.6 Å². The summed E-state index contributed by atoms with van der Waals surface area (Å²) in [6.45, 7) is 5.23. The summed E-state index contributed by atoms with van der Waals surface area (Å²) in [6, 6.07) is 8.25. The van der Waals surface area contributed by atoms with Crippen LogP contribution in [-0.2, 0) is 21.3 Å². The van der Waals surface area contributed by atoms with Gasteiger partial charge in [0.05, 0.1) is 6.61 Å². The van der Waals surface area contributed by atoms with E-state index in [9.17, 15) is 13.5 Å². The lowest BCUT2D eigenvalue weighted by atomic mass is 10.0.